The lowest BCUT2D eigenvalue weighted by Crippen LogP contribution is -2.31. The fraction of sp³-hybridized carbons (Fsp3) is 0.571. The summed E-state index contributed by atoms with van der Waals surface area (Å²) in [4.78, 5) is 0. The molecule has 0 saturated carbocycles. The van der Waals surface area contributed by atoms with Crippen molar-refractivity contribution in [2.45, 2.75) is 18.5 Å². The summed E-state index contributed by atoms with van der Waals surface area (Å²) in [5, 5.41) is -0.382. The Morgan fingerprint density at radius 1 is 1.00 bits per heavy atom. The molecule has 1 aromatic carbocycles. The Bertz CT molecular complexity index is 484. The Hall–Kier alpha value is -0.320. The maximum absolute atomic E-state index is 12.6. The average molecular weight is 286 g/mol. The number of rotatable bonds is 5. The van der Waals surface area contributed by atoms with E-state index in [1.54, 1.807) is 13.3 Å². The fourth-order valence-electron chi connectivity index (χ4n) is 2.27. The zero-order valence-electron chi connectivity index (χ0n) is 12.0. The van der Waals surface area contributed by atoms with Gasteiger partial charge in [-0.15, -0.1) is 0 Å². The SMILES string of the molecule is CC(Cc1ccccc1)(CP(C)(C)=O)P(C)(C)=O. The molecule has 1 unspecified atom stereocenters. The van der Waals surface area contributed by atoms with Crippen molar-refractivity contribution in [1.82, 2.24) is 0 Å². The monoisotopic (exact) mass is 286 g/mol. The van der Waals surface area contributed by atoms with Gasteiger partial charge in [0.1, 0.15) is 0 Å². The second-order valence-corrected chi connectivity index (χ2v) is 13.5. The largest absolute Gasteiger partial charge is 0.324 e. The van der Waals surface area contributed by atoms with Crippen molar-refractivity contribution in [2.75, 3.05) is 32.8 Å². The van der Waals surface area contributed by atoms with Gasteiger partial charge >= 0.3 is 0 Å². The average Bonchev–Trinajstić information content (AvgIpc) is 2.14. The van der Waals surface area contributed by atoms with Gasteiger partial charge in [0.15, 0.2) is 0 Å². The molecule has 0 heterocycles. The van der Waals surface area contributed by atoms with Gasteiger partial charge in [-0.3, -0.25) is 0 Å². The minimum absolute atomic E-state index is 0.382. The molecule has 0 aliphatic rings. The van der Waals surface area contributed by atoms with Crippen LogP contribution in [-0.4, -0.2) is 38.0 Å². The quantitative estimate of drug-likeness (QED) is 0.759. The van der Waals surface area contributed by atoms with Gasteiger partial charge in [0.2, 0.25) is 0 Å². The van der Waals surface area contributed by atoms with Gasteiger partial charge in [0.25, 0.3) is 0 Å². The molecule has 0 aliphatic carbocycles. The van der Waals surface area contributed by atoms with Crippen molar-refractivity contribution < 1.29 is 9.13 Å². The molecule has 18 heavy (non-hydrogen) atoms. The Morgan fingerprint density at radius 3 is 1.89 bits per heavy atom. The first-order valence-electron chi connectivity index (χ1n) is 6.17. The van der Waals surface area contributed by atoms with E-state index in [4.69, 9.17) is 0 Å². The smallest absolute Gasteiger partial charge is 0.0882 e. The predicted molar refractivity (Wildman–Crippen MR) is 82.3 cm³/mol. The number of benzene rings is 1. The molecule has 0 radical (unpaired) electrons. The first kappa shape index (κ1) is 15.7. The highest BCUT2D eigenvalue weighted by Crippen LogP contribution is 2.58. The van der Waals surface area contributed by atoms with Crippen molar-refractivity contribution in [2.24, 2.45) is 0 Å². The third kappa shape index (κ3) is 4.41. The van der Waals surface area contributed by atoms with Crippen LogP contribution in [0.2, 0.25) is 0 Å². The molecule has 2 nitrogen and oxygen atoms in total. The molecule has 102 valence electrons. The van der Waals surface area contributed by atoms with Crippen molar-refractivity contribution in [3.8, 4) is 0 Å². The first-order chi connectivity index (χ1) is 8.04. The highest BCUT2D eigenvalue weighted by Gasteiger charge is 2.40. The van der Waals surface area contributed by atoms with Crippen LogP contribution in [0.4, 0.5) is 0 Å². The molecular formula is C14H24O2P2. The summed E-state index contributed by atoms with van der Waals surface area (Å²) in [7, 11) is -4.51. The lowest BCUT2D eigenvalue weighted by Gasteiger charge is -2.35. The standard InChI is InChI=1S/C14H24O2P2/c1-14(18(4,5)16,12-17(2,3)15)11-13-9-7-6-8-10-13/h6-10H,11-12H2,1-5H3. The third-order valence-corrected chi connectivity index (χ3v) is 8.07. The van der Waals surface area contributed by atoms with E-state index in [1.807, 2.05) is 50.6 Å². The first-order valence-corrected chi connectivity index (χ1v) is 11.6. The molecule has 1 rings (SSSR count). The molecule has 0 spiro atoms. The van der Waals surface area contributed by atoms with Crippen molar-refractivity contribution in [3.05, 3.63) is 35.9 Å². The maximum Gasteiger partial charge on any atom is 0.0882 e. The van der Waals surface area contributed by atoms with Gasteiger partial charge in [-0.1, -0.05) is 37.3 Å². The topological polar surface area (TPSA) is 34.1 Å². The molecule has 1 atom stereocenters. The van der Waals surface area contributed by atoms with E-state index < -0.39 is 14.3 Å². The summed E-state index contributed by atoms with van der Waals surface area (Å²) in [6, 6.07) is 10.0. The summed E-state index contributed by atoms with van der Waals surface area (Å²) < 4.78 is 24.7. The normalized spacial score (nSPS) is 16.3. The molecule has 0 amide bonds. The van der Waals surface area contributed by atoms with Gasteiger partial charge < -0.3 is 9.13 Å². The Morgan fingerprint density at radius 2 is 1.50 bits per heavy atom. The van der Waals surface area contributed by atoms with Crippen LogP contribution in [0.15, 0.2) is 30.3 Å². The lowest BCUT2D eigenvalue weighted by atomic mass is 10.0. The minimum Gasteiger partial charge on any atom is -0.324 e. The number of hydrogen-bond donors (Lipinski definition) is 0. The summed E-state index contributed by atoms with van der Waals surface area (Å²) >= 11 is 0. The molecule has 0 fully saturated rings. The molecule has 0 aromatic heterocycles. The highest BCUT2D eigenvalue weighted by atomic mass is 31.2. The molecule has 4 heteroatoms. The van der Waals surface area contributed by atoms with Gasteiger partial charge in [0, 0.05) is 11.3 Å². The molecule has 0 N–H and O–H groups in total. The molecule has 0 aliphatic heterocycles. The van der Waals surface area contributed by atoms with Crippen LogP contribution in [0.3, 0.4) is 0 Å². The predicted octanol–water partition coefficient (Wildman–Crippen LogP) is 4.23. The van der Waals surface area contributed by atoms with Crippen molar-refractivity contribution >= 4 is 14.3 Å². The Balaban J connectivity index is 3.07. The second kappa shape index (κ2) is 5.35. The van der Waals surface area contributed by atoms with Crippen molar-refractivity contribution in [3.63, 3.8) is 0 Å². The minimum atomic E-state index is -2.32. The zero-order chi connectivity index (χ0) is 14.0. The highest BCUT2D eigenvalue weighted by molar-refractivity contribution is 7.67. The van der Waals surface area contributed by atoms with Crippen LogP contribution < -0.4 is 0 Å². The van der Waals surface area contributed by atoms with Gasteiger partial charge in [-0.25, -0.2) is 0 Å². The van der Waals surface area contributed by atoms with Crippen LogP contribution in [-0.2, 0) is 15.6 Å². The zero-order valence-corrected chi connectivity index (χ0v) is 13.8. The maximum atomic E-state index is 12.6. The van der Waals surface area contributed by atoms with E-state index in [0.29, 0.717) is 6.16 Å². The third-order valence-electron chi connectivity index (χ3n) is 3.45. The number of hydrogen-bond acceptors (Lipinski definition) is 2. The van der Waals surface area contributed by atoms with Crippen LogP contribution in [0.5, 0.6) is 0 Å². The molecule has 0 saturated heterocycles. The summed E-state index contributed by atoms with van der Waals surface area (Å²) in [5.41, 5.74) is 1.16. The van der Waals surface area contributed by atoms with Crippen molar-refractivity contribution in [1.29, 1.82) is 0 Å². The van der Waals surface area contributed by atoms with Crippen LogP contribution in [0.25, 0.3) is 0 Å². The van der Waals surface area contributed by atoms with E-state index in [0.717, 1.165) is 12.0 Å². The Labute approximate surface area is 111 Å². The lowest BCUT2D eigenvalue weighted by molar-refractivity contribution is 0.537. The van der Waals surface area contributed by atoms with Crippen LogP contribution in [0.1, 0.15) is 12.5 Å². The van der Waals surface area contributed by atoms with E-state index in [2.05, 4.69) is 0 Å². The van der Waals surface area contributed by atoms with E-state index >= 15 is 0 Å². The van der Waals surface area contributed by atoms with Crippen LogP contribution >= 0.6 is 14.3 Å². The molecule has 0 bridgehead atoms. The molecule has 1 aromatic rings. The van der Waals surface area contributed by atoms with Gasteiger partial charge in [-0.05, 0) is 38.6 Å². The molecular weight excluding hydrogens is 262 g/mol. The Kier molecular flexibility index (Phi) is 4.68. The fourth-order valence-corrected chi connectivity index (χ4v) is 6.97. The summed E-state index contributed by atoms with van der Waals surface area (Å²) in [6.07, 6.45) is 1.27. The van der Waals surface area contributed by atoms with E-state index in [9.17, 15) is 9.13 Å². The van der Waals surface area contributed by atoms with Gasteiger partial charge in [0.05, 0.1) is 14.3 Å². The van der Waals surface area contributed by atoms with Gasteiger partial charge in [-0.2, -0.15) is 0 Å². The van der Waals surface area contributed by atoms with Crippen LogP contribution in [0, 0.1) is 0 Å². The summed E-state index contributed by atoms with van der Waals surface area (Å²) in [5.74, 6) is 0. The van der Waals surface area contributed by atoms with E-state index in [-0.39, 0.29) is 5.16 Å². The second-order valence-electron chi connectivity index (χ2n) is 6.24. The van der Waals surface area contributed by atoms with E-state index in [1.165, 1.54) is 0 Å². The summed E-state index contributed by atoms with van der Waals surface area (Å²) in [6.45, 7) is 9.20.